The highest BCUT2D eigenvalue weighted by Crippen LogP contribution is 2.21. The molecule has 0 fully saturated rings. The minimum atomic E-state index is -3.81. The first kappa shape index (κ1) is 16.4. The molecule has 1 heterocycles. The third-order valence-corrected chi connectivity index (χ3v) is 5.41. The van der Waals surface area contributed by atoms with Crippen molar-refractivity contribution in [2.24, 2.45) is 0 Å². The van der Waals surface area contributed by atoms with Gasteiger partial charge in [-0.1, -0.05) is 13.8 Å². The Kier molecular flexibility index (Phi) is 5.50. The molecule has 6 nitrogen and oxygen atoms in total. The molecular formula is C13H21N3O3S. The van der Waals surface area contributed by atoms with E-state index in [1.807, 2.05) is 13.8 Å². The summed E-state index contributed by atoms with van der Waals surface area (Å²) in [6, 6.07) is 1.29. The summed E-state index contributed by atoms with van der Waals surface area (Å²) in [5, 5.41) is 1.55. The van der Waals surface area contributed by atoms with Gasteiger partial charge in [-0.25, -0.2) is 8.42 Å². The summed E-state index contributed by atoms with van der Waals surface area (Å²) in [5.41, 5.74) is 5.68. The maximum atomic E-state index is 12.4. The molecule has 0 saturated carbocycles. The van der Waals surface area contributed by atoms with E-state index in [-0.39, 0.29) is 16.6 Å². The van der Waals surface area contributed by atoms with Gasteiger partial charge in [-0.2, -0.15) is 0 Å². The smallest absolute Gasteiger partial charge is 0.238 e. The predicted molar refractivity (Wildman–Crippen MR) is 77.8 cm³/mol. The number of hydrogen-bond donors (Lipinski definition) is 2. The fourth-order valence-corrected chi connectivity index (χ4v) is 3.16. The Morgan fingerprint density at radius 3 is 2.50 bits per heavy atom. The summed E-state index contributed by atoms with van der Waals surface area (Å²) in [6.07, 6.45) is 4.12. The van der Waals surface area contributed by atoms with Gasteiger partial charge in [0.1, 0.15) is 5.25 Å². The number of amides is 1. The quantitative estimate of drug-likeness (QED) is 0.819. The molecule has 0 bridgehead atoms. The van der Waals surface area contributed by atoms with E-state index < -0.39 is 21.0 Å². The number of anilines is 1. The fraction of sp³-hybridized carbons (Fsp3) is 0.538. The minimum Gasteiger partial charge on any atom is -0.396 e. The van der Waals surface area contributed by atoms with Crippen LogP contribution in [0, 0.1) is 0 Å². The number of pyridine rings is 1. The van der Waals surface area contributed by atoms with Crippen LogP contribution in [0.3, 0.4) is 0 Å². The Hall–Kier alpha value is -1.63. The van der Waals surface area contributed by atoms with Gasteiger partial charge in [0.25, 0.3) is 0 Å². The molecule has 1 atom stereocenters. The Balaban J connectivity index is 2.99. The van der Waals surface area contributed by atoms with Crippen molar-refractivity contribution in [3.05, 3.63) is 18.5 Å². The molecule has 0 aliphatic heterocycles. The van der Waals surface area contributed by atoms with E-state index in [2.05, 4.69) is 10.3 Å². The van der Waals surface area contributed by atoms with Crippen LogP contribution >= 0.6 is 0 Å². The number of hydrogen-bond acceptors (Lipinski definition) is 5. The highest BCUT2D eigenvalue weighted by Gasteiger charge is 2.31. The Labute approximate surface area is 119 Å². The molecule has 0 saturated heterocycles. The van der Waals surface area contributed by atoms with Gasteiger partial charge in [-0.3, -0.25) is 9.78 Å². The Morgan fingerprint density at radius 2 is 2.00 bits per heavy atom. The van der Waals surface area contributed by atoms with Gasteiger partial charge >= 0.3 is 0 Å². The van der Waals surface area contributed by atoms with Crippen LogP contribution in [0.25, 0.3) is 0 Å². The van der Waals surface area contributed by atoms with Crippen molar-refractivity contribution < 1.29 is 13.2 Å². The van der Waals surface area contributed by atoms with Crippen LogP contribution in [-0.2, 0) is 14.6 Å². The molecular weight excluding hydrogens is 278 g/mol. The lowest BCUT2D eigenvalue weighted by Crippen LogP contribution is -2.43. The second-order valence-electron chi connectivity index (χ2n) is 4.62. The predicted octanol–water partition coefficient (Wildman–Crippen LogP) is 1.13. The molecule has 1 unspecified atom stereocenters. The second-order valence-corrected chi connectivity index (χ2v) is 6.86. The molecule has 0 spiro atoms. The average molecular weight is 299 g/mol. The van der Waals surface area contributed by atoms with Crippen molar-refractivity contribution in [2.75, 3.05) is 5.73 Å². The SMILES string of the molecule is CCC(CC)NC(=O)C(C)S(=O)(=O)c1ccncc1N. The van der Waals surface area contributed by atoms with Gasteiger partial charge < -0.3 is 11.1 Å². The average Bonchev–Trinajstić information content (AvgIpc) is 2.43. The molecule has 3 N–H and O–H groups in total. The van der Waals surface area contributed by atoms with Crippen LogP contribution in [0.1, 0.15) is 33.6 Å². The summed E-state index contributed by atoms with van der Waals surface area (Å²) in [4.78, 5) is 15.7. The third kappa shape index (κ3) is 3.47. The molecule has 7 heteroatoms. The molecule has 1 aromatic heterocycles. The first-order valence-corrected chi connectivity index (χ1v) is 8.12. The number of nitrogen functional groups attached to an aromatic ring is 1. The molecule has 20 heavy (non-hydrogen) atoms. The largest absolute Gasteiger partial charge is 0.396 e. The Morgan fingerprint density at radius 1 is 1.40 bits per heavy atom. The van der Waals surface area contributed by atoms with E-state index >= 15 is 0 Å². The van der Waals surface area contributed by atoms with Crippen molar-refractivity contribution in [1.82, 2.24) is 10.3 Å². The van der Waals surface area contributed by atoms with E-state index in [1.54, 1.807) is 0 Å². The number of sulfone groups is 1. The first-order valence-electron chi connectivity index (χ1n) is 6.58. The van der Waals surface area contributed by atoms with Gasteiger partial charge in [-0.15, -0.1) is 0 Å². The number of nitrogens with two attached hydrogens (primary N) is 1. The van der Waals surface area contributed by atoms with Crippen LogP contribution in [0.5, 0.6) is 0 Å². The monoisotopic (exact) mass is 299 g/mol. The summed E-state index contributed by atoms with van der Waals surface area (Å²) >= 11 is 0. The lowest BCUT2D eigenvalue weighted by atomic mass is 10.2. The maximum Gasteiger partial charge on any atom is 0.238 e. The standard InChI is InChI=1S/C13H21N3O3S/c1-4-10(5-2)16-13(17)9(3)20(18,19)12-6-7-15-8-11(12)14/h6-10H,4-5,14H2,1-3H3,(H,16,17). The zero-order valence-electron chi connectivity index (χ0n) is 12.0. The van der Waals surface area contributed by atoms with Crippen molar-refractivity contribution >= 4 is 21.4 Å². The van der Waals surface area contributed by atoms with E-state index in [4.69, 9.17) is 5.73 Å². The van der Waals surface area contributed by atoms with Crippen molar-refractivity contribution in [3.8, 4) is 0 Å². The maximum absolute atomic E-state index is 12.4. The van der Waals surface area contributed by atoms with Crippen LogP contribution in [0.4, 0.5) is 5.69 Å². The third-order valence-electron chi connectivity index (χ3n) is 3.28. The van der Waals surface area contributed by atoms with Crippen LogP contribution < -0.4 is 11.1 Å². The van der Waals surface area contributed by atoms with Gasteiger partial charge in [0, 0.05) is 12.2 Å². The molecule has 0 aliphatic carbocycles. The number of nitrogens with zero attached hydrogens (tertiary/aromatic N) is 1. The Bertz CT molecular complexity index is 568. The fourth-order valence-electron chi connectivity index (χ4n) is 1.80. The zero-order valence-corrected chi connectivity index (χ0v) is 12.8. The molecule has 0 aliphatic rings. The summed E-state index contributed by atoms with van der Waals surface area (Å²) < 4.78 is 24.8. The highest BCUT2D eigenvalue weighted by molar-refractivity contribution is 7.93. The van der Waals surface area contributed by atoms with Gasteiger partial charge in [0.05, 0.1) is 16.8 Å². The minimum absolute atomic E-state index is 0.0186. The highest BCUT2D eigenvalue weighted by atomic mass is 32.2. The van der Waals surface area contributed by atoms with Crippen molar-refractivity contribution in [3.63, 3.8) is 0 Å². The van der Waals surface area contributed by atoms with Gasteiger partial charge in [0.15, 0.2) is 9.84 Å². The normalized spacial score (nSPS) is 13.2. The van der Waals surface area contributed by atoms with Crippen LogP contribution in [0.2, 0.25) is 0 Å². The van der Waals surface area contributed by atoms with Crippen molar-refractivity contribution in [2.45, 2.75) is 49.8 Å². The van der Waals surface area contributed by atoms with Gasteiger partial charge in [-0.05, 0) is 25.8 Å². The van der Waals surface area contributed by atoms with E-state index in [9.17, 15) is 13.2 Å². The lowest BCUT2D eigenvalue weighted by molar-refractivity contribution is -0.121. The zero-order chi connectivity index (χ0) is 15.3. The summed E-state index contributed by atoms with van der Waals surface area (Å²) in [5.74, 6) is -0.505. The molecule has 1 aromatic rings. The second kappa shape index (κ2) is 6.69. The summed E-state index contributed by atoms with van der Waals surface area (Å²) in [6.45, 7) is 5.25. The topological polar surface area (TPSA) is 102 Å². The number of nitrogens with one attached hydrogen (secondary N) is 1. The molecule has 1 rings (SSSR count). The van der Waals surface area contributed by atoms with Crippen molar-refractivity contribution in [1.29, 1.82) is 0 Å². The molecule has 112 valence electrons. The molecule has 1 amide bonds. The molecule has 0 aromatic carbocycles. The van der Waals surface area contributed by atoms with Gasteiger partial charge in [0.2, 0.25) is 5.91 Å². The number of aromatic nitrogens is 1. The number of carbonyl (C=O) groups excluding carboxylic acids is 1. The lowest BCUT2D eigenvalue weighted by Gasteiger charge is -2.19. The number of carbonyl (C=O) groups is 1. The van der Waals surface area contributed by atoms with E-state index in [0.717, 1.165) is 12.8 Å². The van der Waals surface area contributed by atoms with Crippen LogP contribution in [0.15, 0.2) is 23.4 Å². The molecule has 0 radical (unpaired) electrons. The summed E-state index contributed by atoms with van der Waals surface area (Å²) in [7, 11) is -3.81. The first-order chi connectivity index (χ1) is 9.34. The van der Waals surface area contributed by atoms with E-state index in [0.29, 0.717) is 0 Å². The van der Waals surface area contributed by atoms with Crippen LogP contribution in [-0.4, -0.2) is 30.6 Å². The number of rotatable bonds is 6. The van der Waals surface area contributed by atoms with E-state index in [1.165, 1.54) is 25.4 Å².